The highest BCUT2D eigenvalue weighted by molar-refractivity contribution is 6.04. The van der Waals surface area contributed by atoms with E-state index in [1.807, 2.05) is 4.40 Å². The van der Waals surface area contributed by atoms with Crippen LogP contribution in [0.15, 0.2) is 61.1 Å². The summed E-state index contributed by atoms with van der Waals surface area (Å²) in [7, 11) is 0. The van der Waals surface area contributed by atoms with Gasteiger partial charge in [-0.05, 0) is 48.9 Å². The first-order chi connectivity index (χ1) is 16.9. The molecule has 1 unspecified atom stereocenters. The molecule has 4 heterocycles. The molecule has 6 rings (SSSR count). The number of nitrogens with one attached hydrogen (secondary N) is 1. The van der Waals surface area contributed by atoms with Crippen LogP contribution in [0.2, 0.25) is 0 Å². The summed E-state index contributed by atoms with van der Waals surface area (Å²) < 4.78 is 1.85. The number of nitrogens with two attached hydrogens (primary N) is 1. The molecule has 2 aliphatic rings. The molecule has 1 aliphatic carbocycles. The van der Waals surface area contributed by atoms with Crippen LogP contribution in [-0.2, 0) is 0 Å². The Morgan fingerprint density at radius 3 is 2.57 bits per heavy atom. The van der Waals surface area contributed by atoms with E-state index >= 15 is 0 Å². The molecule has 1 saturated carbocycles. The van der Waals surface area contributed by atoms with E-state index in [-0.39, 0.29) is 17.4 Å². The van der Waals surface area contributed by atoms with Crippen molar-refractivity contribution in [1.29, 1.82) is 0 Å². The topological polar surface area (TPSA) is 139 Å². The van der Waals surface area contributed by atoms with E-state index < -0.39 is 6.09 Å². The van der Waals surface area contributed by atoms with Crippen molar-refractivity contribution in [1.82, 2.24) is 24.3 Å². The third-order valence-corrected chi connectivity index (χ3v) is 6.95. The fraction of sp³-hybridized carbons (Fsp3) is 0.240. The monoisotopic (exact) mass is 469 g/mol. The normalized spacial score (nSPS) is 18.2. The van der Waals surface area contributed by atoms with Crippen molar-refractivity contribution >= 4 is 29.2 Å². The number of carbonyl (C=O) groups is 2. The first-order valence-electron chi connectivity index (χ1n) is 11.4. The Labute approximate surface area is 200 Å². The standard InChI is InChI=1S/C25H23N7O3/c26-21-20-19(15-4-6-16(7-5-15)23(33)29-18-3-1-2-10-27-18)30-22(31(20)12-11-28-21)17-13-25(8-9-25)14-32(17)24(34)35/h1-7,10-12,17H,8-9,13-14H2,(H2,26,28)(H,34,35)(H,27,29,33). The van der Waals surface area contributed by atoms with Crippen LogP contribution in [0.25, 0.3) is 16.8 Å². The molecule has 0 radical (unpaired) electrons. The highest BCUT2D eigenvalue weighted by Gasteiger charge is 2.54. The van der Waals surface area contributed by atoms with E-state index in [4.69, 9.17) is 10.7 Å². The molecular weight excluding hydrogens is 446 g/mol. The van der Waals surface area contributed by atoms with E-state index in [1.165, 1.54) is 4.90 Å². The summed E-state index contributed by atoms with van der Waals surface area (Å²) in [6, 6.07) is 12.0. The van der Waals surface area contributed by atoms with E-state index in [9.17, 15) is 14.7 Å². The maximum Gasteiger partial charge on any atom is 0.407 e. The van der Waals surface area contributed by atoms with E-state index in [0.29, 0.717) is 40.8 Å². The lowest BCUT2D eigenvalue weighted by molar-refractivity contribution is 0.102. The van der Waals surface area contributed by atoms with Gasteiger partial charge in [-0.15, -0.1) is 0 Å². The quantitative estimate of drug-likeness (QED) is 0.413. The molecule has 10 nitrogen and oxygen atoms in total. The molecular formula is C25H23N7O3. The van der Waals surface area contributed by atoms with Gasteiger partial charge in [-0.1, -0.05) is 18.2 Å². The number of fused-ring (bicyclic) bond motifs is 1. The fourth-order valence-electron chi connectivity index (χ4n) is 4.96. The number of amides is 2. The van der Waals surface area contributed by atoms with Gasteiger partial charge in [0.1, 0.15) is 28.7 Å². The van der Waals surface area contributed by atoms with Crippen LogP contribution in [0.1, 0.15) is 41.5 Å². The Morgan fingerprint density at radius 2 is 1.89 bits per heavy atom. The van der Waals surface area contributed by atoms with Crippen molar-refractivity contribution < 1.29 is 14.7 Å². The van der Waals surface area contributed by atoms with Gasteiger partial charge in [0, 0.05) is 36.3 Å². The second kappa shape index (κ2) is 7.79. The smallest absolute Gasteiger partial charge is 0.407 e. The van der Waals surface area contributed by atoms with Crippen molar-refractivity contribution in [2.45, 2.75) is 25.3 Å². The van der Waals surface area contributed by atoms with Gasteiger partial charge in [0.2, 0.25) is 0 Å². The average molecular weight is 470 g/mol. The first kappa shape index (κ1) is 21.1. The van der Waals surface area contributed by atoms with E-state index in [2.05, 4.69) is 15.3 Å². The van der Waals surface area contributed by atoms with Crippen molar-refractivity contribution in [2.75, 3.05) is 17.6 Å². The second-order valence-corrected chi connectivity index (χ2v) is 9.23. The first-order valence-corrected chi connectivity index (χ1v) is 11.4. The SMILES string of the molecule is Nc1nccn2c(C3CC4(CC4)CN3C(=O)O)nc(-c3ccc(C(=O)Nc4ccccn4)cc3)c12. The van der Waals surface area contributed by atoms with Crippen LogP contribution in [0, 0.1) is 5.41 Å². The van der Waals surface area contributed by atoms with Crippen LogP contribution < -0.4 is 11.1 Å². The van der Waals surface area contributed by atoms with Crippen molar-refractivity contribution in [2.24, 2.45) is 5.41 Å². The number of likely N-dealkylation sites (tertiary alicyclic amines) is 1. The summed E-state index contributed by atoms with van der Waals surface area (Å²) in [5, 5.41) is 12.6. The van der Waals surface area contributed by atoms with Crippen molar-refractivity contribution in [3.05, 3.63) is 72.4 Å². The Bertz CT molecular complexity index is 1450. The van der Waals surface area contributed by atoms with Gasteiger partial charge in [-0.25, -0.2) is 19.7 Å². The maximum absolute atomic E-state index is 12.6. The molecule has 176 valence electrons. The summed E-state index contributed by atoms with van der Waals surface area (Å²) in [6.07, 6.45) is 6.85. The van der Waals surface area contributed by atoms with Gasteiger partial charge in [0.15, 0.2) is 0 Å². The van der Waals surface area contributed by atoms with Crippen molar-refractivity contribution in [3.63, 3.8) is 0 Å². The summed E-state index contributed by atoms with van der Waals surface area (Å²) in [5.41, 5.74) is 8.77. The maximum atomic E-state index is 12.6. The van der Waals surface area contributed by atoms with Crippen LogP contribution in [0.3, 0.4) is 0 Å². The summed E-state index contributed by atoms with van der Waals surface area (Å²) in [5.74, 6) is 1.13. The van der Waals surface area contributed by atoms with Gasteiger partial charge >= 0.3 is 6.09 Å². The highest BCUT2D eigenvalue weighted by Crippen LogP contribution is 2.58. The molecule has 1 atom stereocenters. The van der Waals surface area contributed by atoms with Crippen LogP contribution >= 0.6 is 0 Å². The van der Waals surface area contributed by atoms with Gasteiger partial charge in [-0.2, -0.15) is 0 Å². The Hall–Kier alpha value is -4.47. The predicted molar refractivity (Wildman–Crippen MR) is 129 cm³/mol. The molecule has 1 aromatic carbocycles. The zero-order chi connectivity index (χ0) is 24.2. The Kier molecular flexibility index (Phi) is 4.70. The summed E-state index contributed by atoms with van der Waals surface area (Å²) in [6.45, 7) is 0.526. The number of benzene rings is 1. The molecule has 4 aromatic rings. The lowest BCUT2D eigenvalue weighted by Crippen LogP contribution is -2.30. The van der Waals surface area contributed by atoms with Crippen LogP contribution in [-0.4, -0.2) is 47.9 Å². The molecule has 4 N–H and O–H groups in total. The molecule has 35 heavy (non-hydrogen) atoms. The minimum atomic E-state index is -0.942. The second-order valence-electron chi connectivity index (χ2n) is 9.23. The third-order valence-electron chi connectivity index (χ3n) is 6.95. The van der Waals surface area contributed by atoms with E-state index in [0.717, 1.165) is 24.8 Å². The number of carboxylic acid groups (broad SMARTS) is 1. The highest BCUT2D eigenvalue weighted by atomic mass is 16.4. The van der Waals surface area contributed by atoms with E-state index in [1.54, 1.807) is 61.1 Å². The van der Waals surface area contributed by atoms with Gasteiger partial charge in [0.25, 0.3) is 5.91 Å². The summed E-state index contributed by atoms with van der Waals surface area (Å²) >= 11 is 0. The Balaban J connectivity index is 1.37. The lowest BCUT2D eigenvalue weighted by atomic mass is 10.0. The zero-order valence-electron chi connectivity index (χ0n) is 18.8. The molecule has 10 heteroatoms. The number of pyridine rings is 1. The number of nitrogens with zero attached hydrogens (tertiary/aromatic N) is 5. The minimum Gasteiger partial charge on any atom is -0.465 e. The molecule has 1 aliphatic heterocycles. The number of hydrogen-bond acceptors (Lipinski definition) is 6. The van der Waals surface area contributed by atoms with Gasteiger partial charge in [0.05, 0.1) is 6.04 Å². The van der Waals surface area contributed by atoms with Crippen LogP contribution in [0.4, 0.5) is 16.4 Å². The largest absolute Gasteiger partial charge is 0.465 e. The van der Waals surface area contributed by atoms with Gasteiger partial charge < -0.3 is 16.2 Å². The molecule has 0 bridgehead atoms. The Morgan fingerprint density at radius 1 is 1.09 bits per heavy atom. The average Bonchev–Trinajstić information content (AvgIpc) is 3.33. The number of nitrogen functional groups attached to an aromatic ring is 1. The molecule has 1 spiro atoms. The number of imidazole rings is 1. The number of aromatic nitrogens is 4. The molecule has 3 aromatic heterocycles. The molecule has 2 fully saturated rings. The number of hydrogen-bond donors (Lipinski definition) is 3. The number of anilines is 2. The number of carbonyl (C=O) groups excluding carboxylic acids is 1. The lowest BCUT2D eigenvalue weighted by Gasteiger charge is -2.20. The van der Waals surface area contributed by atoms with Crippen LogP contribution in [0.5, 0.6) is 0 Å². The fourth-order valence-corrected chi connectivity index (χ4v) is 4.96. The zero-order valence-corrected chi connectivity index (χ0v) is 18.8. The minimum absolute atomic E-state index is 0.0657. The predicted octanol–water partition coefficient (Wildman–Crippen LogP) is 3.83. The molecule has 2 amide bonds. The third kappa shape index (κ3) is 3.63. The van der Waals surface area contributed by atoms with Gasteiger partial charge in [-0.3, -0.25) is 14.1 Å². The number of rotatable bonds is 4. The summed E-state index contributed by atoms with van der Waals surface area (Å²) in [4.78, 5) is 39.4. The van der Waals surface area contributed by atoms with Crippen molar-refractivity contribution in [3.8, 4) is 11.3 Å². The molecule has 1 saturated heterocycles.